The molecule has 98 valence electrons. The zero-order chi connectivity index (χ0) is 13.3. The van der Waals surface area contributed by atoms with Crippen LogP contribution in [0.15, 0.2) is 5.38 Å². The number of carbonyl (C=O) groups excluding carboxylic acids is 1. The SMILES string of the molecule is CC(N)c1nc(C(=O)N(CC(=O)O)C2CC2)cs1. The second-order valence-electron chi connectivity index (χ2n) is 4.42. The highest BCUT2D eigenvalue weighted by molar-refractivity contribution is 7.09. The Labute approximate surface area is 108 Å². The van der Waals surface area contributed by atoms with Gasteiger partial charge in [0, 0.05) is 11.4 Å². The number of carboxylic acid groups (broad SMARTS) is 1. The zero-order valence-corrected chi connectivity index (χ0v) is 10.8. The monoisotopic (exact) mass is 269 g/mol. The summed E-state index contributed by atoms with van der Waals surface area (Å²) in [5.41, 5.74) is 5.98. The molecule has 3 N–H and O–H groups in total. The predicted molar refractivity (Wildman–Crippen MR) is 66.4 cm³/mol. The van der Waals surface area contributed by atoms with Crippen molar-refractivity contribution in [2.75, 3.05) is 6.54 Å². The van der Waals surface area contributed by atoms with Crippen molar-refractivity contribution in [2.45, 2.75) is 31.8 Å². The van der Waals surface area contributed by atoms with Gasteiger partial charge in [-0.05, 0) is 19.8 Å². The van der Waals surface area contributed by atoms with Gasteiger partial charge in [0.05, 0.1) is 6.04 Å². The third-order valence-electron chi connectivity index (χ3n) is 2.68. The summed E-state index contributed by atoms with van der Waals surface area (Å²) in [5, 5.41) is 11.1. The lowest BCUT2D eigenvalue weighted by atomic mass is 10.3. The van der Waals surface area contributed by atoms with Gasteiger partial charge >= 0.3 is 5.97 Å². The maximum absolute atomic E-state index is 12.2. The fourth-order valence-electron chi connectivity index (χ4n) is 1.64. The van der Waals surface area contributed by atoms with Crippen LogP contribution in [0.25, 0.3) is 0 Å². The van der Waals surface area contributed by atoms with E-state index in [-0.39, 0.29) is 24.5 Å². The molecule has 0 spiro atoms. The van der Waals surface area contributed by atoms with Gasteiger partial charge in [0.2, 0.25) is 0 Å². The molecule has 1 fully saturated rings. The standard InChI is InChI=1S/C11H15N3O3S/c1-6(12)10-13-8(5-18-10)11(17)14(4-9(15)16)7-2-3-7/h5-7H,2-4,12H2,1H3,(H,15,16). The summed E-state index contributed by atoms with van der Waals surface area (Å²) in [4.78, 5) is 28.5. The summed E-state index contributed by atoms with van der Waals surface area (Å²) in [6.07, 6.45) is 1.73. The molecule has 18 heavy (non-hydrogen) atoms. The van der Waals surface area contributed by atoms with Crippen molar-refractivity contribution in [3.63, 3.8) is 0 Å². The van der Waals surface area contributed by atoms with Crippen LogP contribution in [0, 0.1) is 0 Å². The Morgan fingerprint density at radius 2 is 2.33 bits per heavy atom. The maximum Gasteiger partial charge on any atom is 0.323 e. The van der Waals surface area contributed by atoms with Crippen molar-refractivity contribution in [2.24, 2.45) is 5.73 Å². The van der Waals surface area contributed by atoms with E-state index in [0.29, 0.717) is 10.7 Å². The highest BCUT2D eigenvalue weighted by Gasteiger charge is 2.35. The number of carboxylic acids is 1. The van der Waals surface area contributed by atoms with Crippen LogP contribution in [-0.4, -0.2) is 39.5 Å². The van der Waals surface area contributed by atoms with Gasteiger partial charge in [-0.1, -0.05) is 0 Å². The lowest BCUT2D eigenvalue weighted by Gasteiger charge is -2.18. The van der Waals surface area contributed by atoms with Gasteiger partial charge < -0.3 is 15.7 Å². The molecule has 1 aliphatic rings. The lowest BCUT2D eigenvalue weighted by Crippen LogP contribution is -2.37. The molecule has 1 heterocycles. The number of rotatable bonds is 5. The molecule has 0 aliphatic heterocycles. The molecule has 0 aromatic carbocycles. The molecule has 0 radical (unpaired) electrons. The van der Waals surface area contributed by atoms with E-state index in [1.165, 1.54) is 16.2 Å². The third-order valence-corrected chi connectivity index (χ3v) is 3.73. The Balaban J connectivity index is 2.14. The molecule has 1 atom stereocenters. The molecule has 2 rings (SSSR count). The largest absolute Gasteiger partial charge is 0.480 e. The quantitative estimate of drug-likeness (QED) is 0.826. The second kappa shape index (κ2) is 5.03. The molecule has 1 aromatic heterocycles. The average molecular weight is 269 g/mol. The van der Waals surface area contributed by atoms with Crippen molar-refractivity contribution in [1.82, 2.24) is 9.88 Å². The smallest absolute Gasteiger partial charge is 0.323 e. The zero-order valence-electron chi connectivity index (χ0n) is 10.00. The molecular weight excluding hydrogens is 254 g/mol. The topological polar surface area (TPSA) is 96.5 Å². The minimum atomic E-state index is -1.00. The van der Waals surface area contributed by atoms with Crippen molar-refractivity contribution >= 4 is 23.2 Å². The fourth-order valence-corrected chi connectivity index (χ4v) is 2.39. The molecular formula is C11H15N3O3S. The minimum Gasteiger partial charge on any atom is -0.480 e. The molecule has 1 saturated carbocycles. The van der Waals surface area contributed by atoms with E-state index >= 15 is 0 Å². The average Bonchev–Trinajstić information content (AvgIpc) is 3.00. The summed E-state index contributed by atoms with van der Waals surface area (Å²) in [7, 11) is 0. The highest BCUT2D eigenvalue weighted by atomic mass is 32.1. The maximum atomic E-state index is 12.2. The summed E-state index contributed by atoms with van der Waals surface area (Å²) in [6, 6.07) is -0.167. The van der Waals surface area contributed by atoms with E-state index in [2.05, 4.69) is 4.98 Å². The van der Waals surface area contributed by atoms with Gasteiger partial charge in [-0.2, -0.15) is 0 Å². The fraction of sp³-hybridized carbons (Fsp3) is 0.545. The summed E-state index contributed by atoms with van der Waals surface area (Å²) in [6.45, 7) is 1.53. The van der Waals surface area contributed by atoms with E-state index in [0.717, 1.165) is 12.8 Å². The molecule has 6 nitrogen and oxygen atoms in total. The molecule has 1 aromatic rings. The Morgan fingerprint density at radius 1 is 1.67 bits per heavy atom. The molecule has 7 heteroatoms. The van der Waals surface area contributed by atoms with Gasteiger partial charge in [0.15, 0.2) is 0 Å². The van der Waals surface area contributed by atoms with Crippen LogP contribution in [0.4, 0.5) is 0 Å². The molecule has 0 bridgehead atoms. The van der Waals surface area contributed by atoms with Crippen molar-refractivity contribution in [3.8, 4) is 0 Å². The number of thiazole rings is 1. The first-order chi connectivity index (χ1) is 8.49. The molecule has 0 saturated heterocycles. The first-order valence-corrected chi connectivity index (χ1v) is 6.60. The Hall–Kier alpha value is -1.47. The molecule has 1 unspecified atom stereocenters. The number of carbonyl (C=O) groups is 2. The van der Waals surface area contributed by atoms with Crippen LogP contribution in [0.3, 0.4) is 0 Å². The number of aromatic nitrogens is 1. The number of hydrogen-bond acceptors (Lipinski definition) is 5. The summed E-state index contributed by atoms with van der Waals surface area (Å²) >= 11 is 1.32. The van der Waals surface area contributed by atoms with Crippen LogP contribution in [0.5, 0.6) is 0 Å². The minimum absolute atomic E-state index is 0.0500. The van der Waals surface area contributed by atoms with Crippen LogP contribution in [0.2, 0.25) is 0 Å². The molecule has 1 amide bonds. The van der Waals surface area contributed by atoms with Crippen LogP contribution in [0.1, 0.15) is 41.3 Å². The Kier molecular flexibility index (Phi) is 3.63. The second-order valence-corrected chi connectivity index (χ2v) is 5.31. The molecule has 1 aliphatic carbocycles. The third kappa shape index (κ3) is 2.85. The van der Waals surface area contributed by atoms with E-state index in [1.54, 1.807) is 12.3 Å². The van der Waals surface area contributed by atoms with E-state index < -0.39 is 5.97 Å². The van der Waals surface area contributed by atoms with Gasteiger partial charge in [-0.3, -0.25) is 9.59 Å². The number of nitrogens with zero attached hydrogens (tertiary/aromatic N) is 2. The Bertz CT molecular complexity index is 468. The Morgan fingerprint density at radius 3 is 2.78 bits per heavy atom. The number of nitrogens with two attached hydrogens (primary N) is 1. The highest BCUT2D eigenvalue weighted by Crippen LogP contribution is 2.28. The number of aliphatic carboxylic acids is 1. The van der Waals surface area contributed by atoms with Crippen LogP contribution in [-0.2, 0) is 4.79 Å². The van der Waals surface area contributed by atoms with Crippen LogP contribution >= 0.6 is 11.3 Å². The first-order valence-electron chi connectivity index (χ1n) is 5.73. The van der Waals surface area contributed by atoms with E-state index in [4.69, 9.17) is 10.8 Å². The lowest BCUT2D eigenvalue weighted by molar-refractivity contribution is -0.137. The van der Waals surface area contributed by atoms with E-state index in [1.807, 2.05) is 0 Å². The van der Waals surface area contributed by atoms with Crippen molar-refractivity contribution in [1.29, 1.82) is 0 Å². The number of amides is 1. The van der Waals surface area contributed by atoms with Crippen molar-refractivity contribution < 1.29 is 14.7 Å². The van der Waals surface area contributed by atoms with Gasteiger partial charge in [-0.15, -0.1) is 11.3 Å². The van der Waals surface area contributed by atoms with Gasteiger partial charge in [0.25, 0.3) is 5.91 Å². The van der Waals surface area contributed by atoms with Gasteiger partial charge in [-0.25, -0.2) is 4.98 Å². The first kappa shape index (κ1) is 13.0. The van der Waals surface area contributed by atoms with Gasteiger partial charge in [0.1, 0.15) is 17.2 Å². The summed E-state index contributed by atoms with van der Waals surface area (Å²) < 4.78 is 0. The van der Waals surface area contributed by atoms with E-state index in [9.17, 15) is 9.59 Å². The van der Waals surface area contributed by atoms with Crippen molar-refractivity contribution in [3.05, 3.63) is 16.1 Å². The normalized spacial score (nSPS) is 16.3. The predicted octanol–water partition coefficient (Wildman–Crippen LogP) is 0.852. The van der Waals surface area contributed by atoms with Crippen LogP contribution < -0.4 is 5.73 Å². The summed E-state index contributed by atoms with van der Waals surface area (Å²) in [5.74, 6) is -1.32. The number of hydrogen-bond donors (Lipinski definition) is 2.